The van der Waals surface area contributed by atoms with Crippen molar-refractivity contribution in [3.8, 4) is 11.5 Å². The zero-order chi connectivity index (χ0) is 20.2. The molecular weight excluding hydrogens is 366 g/mol. The number of hydrogen-bond acceptors (Lipinski definition) is 3. The molecule has 6 nitrogen and oxygen atoms in total. The van der Waals surface area contributed by atoms with Crippen molar-refractivity contribution in [2.45, 2.75) is 26.1 Å². The van der Waals surface area contributed by atoms with Gasteiger partial charge in [-0.05, 0) is 30.7 Å². The monoisotopic (exact) mass is 397 g/mol. The molecule has 2 heterocycles. The van der Waals surface area contributed by atoms with Gasteiger partial charge in [-0.3, -0.25) is 4.79 Å². The van der Waals surface area contributed by atoms with Gasteiger partial charge in [0.25, 0.3) is 5.91 Å². The molecule has 2 aromatic carbocycles. The Morgan fingerprint density at radius 2 is 1.72 bits per heavy atom. The Hall–Kier alpha value is -2.57. The molecule has 0 radical (unpaired) electrons. The van der Waals surface area contributed by atoms with Crippen molar-refractivity contribution >= 4 is 5.91 Å². The molecule has 154 valence electrons. The molecule has 2 aliphatic heterocycles. The molecule has 0 aliphatic carbocycles. The molecule has 1 saturated heterocycles. The van der Waals surface area contributed by atoms with Crippen LogP contribution in [0, 0.1) is 0 Å². The van der Waals surface area contributed by atoms with Crippen LogP contribution in [0.3, 0.4) is 0 Å². The third-order valence-electron chi connectivity index (χ3n) is 6.11. The summed E-state index contributed by atoms with van der Waals surface area (Å²) >= 11 is 0. The number of likely N-dealkylation sites (N-methyl/N-ethyl adjacent to an activating group) is 1. The molecule has 1 fully saturated rings. The van der Waals surface area contributed by atoms with Crippen LogP contribution in [0.25, 0.3) is 0 Å². The summed E-state index contributed by atoms with van der Waals surface area (Å²) in [6.07, 6.45) is 0. The first kappa shape index (κ1) is 19.7. The molecule has 2 aromatic rings. The van der Waals surface area contributed by atoms with Crippen molar-refractivity contribution in [2.75, 3.05) is 40.0 Å². The minimum atomic E-state index is -0.00388. The number of carbonyl (C=O) groups is 1. The van der Waals surface area contributed by atoms with Gasteiger partial charge in [-0.1, -0.05) is 30.3 Å². The van der Waals surface area contributed by atoms with Gasteiger partial charge >= 0.3 is 0 Å². The van der Waals surface area contributed by atoms with Gasteiger partial charge in [0.15, 0.2) is 17.5 Å². The second kappa shape index (κ2) is 8.84. The molecule has 2 N–H and O–H groups in total. The predicted octanol–water partition coefficient (Wildman–Crippen LogP) is -0.254. The van der Waals surface area contributed by atoms with E-state index in [1.165, 1.54) is 16.0 Å². The smallest absolute Gasteiger partial charge is 0.280 e. The Morgan fingerprint density at radius 3 is 2.48 bits per heavy atom. The number of benzene rings is 2. The van der Waals surface area contributed by atoms with Crippen LogP contribution >= 0.6 is 0 Å². The highest BCUT2D eigenvalue weighted by Crippen LogP contribution is 2.32. The van der Waals surface area contributed by atoms with E-state index in [1.54, 1.807) is 4.90 Å². The Balaban J connectivity index is 1.26. The van der Waals surface area contributed by atoms with E-state index in [4.69, 9.17) is 9.47 Å². The van der Waals surface area contributed by atoms with Gasteiger partial charge in [0.05, 0.1) is 0 Å². The number of quaternary nitrogens is 2. The van der Waals surface area contributed by atoms with Crippen molar-refractivity contribution in [1.82, 2.24) is 4.90 Å². The van der Waals surface area contributed by atoms with E-state index in [0.717, 1.165) is 44.2 Å². The summed E-state index contributed by atoms with van der Waals surface area (Å²) in [5, 5.41) is 0. The van der Waals surface area contributed by atoms with Crippen LogP contribution in [0.2, 0.25) is 0 Å². The fourth-order valence-electron chi connectivity index (χ4n) is 4.31. The van der Waals surface area contributed by atoms with E-state index < -0.39 is 0 Å². The van der Waals surface area contributed by atoms with E-state index in [-0.39, 0.29) is 11.9 Å². The number of rotatable bonds is 6. The van der Waals surface area contributed by atoms with Crippen LogP contribution in [-0.2, 0) is 17.9 Å². The first-order chi connectivity index (χ1) is 14.1. The van der Waals surface area contributed by atoms with Gasteiger partial charge in [-0.15, -0.1) is 0 Å². The zero-order valence-electron chi connectivity index (χ0n) is 17.3. The van der Waals surface area contributed by atoms with Gasteiger partial charge in [-0.2, -0.15) is 0 Å². The van der Waals surface area contributed by atoms with Crippen molar-refractivity contribution in [2.24, 2.45) is 0 Å². The van der Waals surface area contributed by atoms with Gasteiger partial charge in [0.2, 0.25) is 6.79 Å². The summed E-state index contributed by atoms with van der Waals surface area (Å²) < 4.78 is 10.9. The van der Waals surface area contributed by atoms with E-state index in [2.05, 4.69) is 31.2 Å². The normalized spacial score (nSPS) is 21.6. The SMILES string of the molecule is C[C@@H](C(=O)N(C)Cc1ccccc1)[NH+]1CC[NH+](Cc2ccc3c(c2)OCO3)CC1. The van der Waals surface area contributed by atoms with Crippen molar-refractivity contribution in [1.29, 1.82) is 0 Å². The van der Waals surface area contributed by atoms with E-state index in [0.29, 0.717) is 13.3 Å². The Kier molecular flexibility index (Phi) is 6.02. The summed E-state index contributed by atoms with van der Waals surface area (Å²) in [6, 6.07) is 16.4. The molecule has 1 amide bonds. The Morgan fingerprint density at radius 1 is 1.00 bits per heavy atom. The topological polar surface area (TPSA) is 47.7 Å². The lowest BCUT2D eigenvalue weighted by Gasteiger charge is -2.34. The first-order valence-corrected chi connectivity index (χ1v) is 10.5. The molecule has 4 rings (SSSR count). The Bertz CT molecular complexity index is 835. The van der Waals surface area contributed by atoms with Crippen LogP contribution in [0.4, 0.5) is 0 Å². The molecule has 0 saturated carbocycles. The maximum atomic E-state index is 12.9. The molecule has 0 spiro atoms. The van der Waals surface area contributed by atoms with Crippen molar-refractivity contribution in [3.63, 3.8) is 0 Å². The number of nitrogens with one attached hydrogen (secondary N) is 2. The van der Waals surface area contributed by atoms with Gasteiger partial charge < -0.3 is 24.2 Å². The second-order valence-corrected chi connectivity index (χ2v) is 8.17. The van der Waals surface area contributed by atoms with Crippen LogP contribution in [0.1, 0.15) is 18.1 Å². The molecule has 6 heteroatoms. The lowest BCUT2D eigenvalue weighted by molar-refractivity contribution is -1.02. The zero-order valence-corrected chi connectivity index (χ0v) is 17.3. The van der Waals surface area contributed by atoms with Crippen molar-refractivity contribution < 1.29 is 24.1 Å². The maximum absolute atomic E-state index is 12.9. The van der Waals surface area contributed by atoms with Gasteiger partial charge in [0, 0.05) is 19.2 Å². The lowest BCUT2D eigenvalue weighted by Crippen LogP contribution is -3.29. The highest BCUT2D eigenvalue weighted by atomic mass is 16.7. The quantitative estimate of drug-likeness (QED) is 0.707. The largest absolute Gasteiger partial charge is 0.454 e. The minimum absolute atomic E-state index is 0.00388. The highest BCUT2D eigenvalue weighted by Gasteiger charge is 2.32. The molecule has 0 bridgehead atoms. The standard InChI is InChI=1S/C23H29N3O3/c1-18(23(27)24(2)15-19-6-4-3-5-7-19)26-12-10-25(11-13-26)16-20-8-9-21-22(14-20)29-17-28-21/h3-9,14,18H,10-13,15-17H2,1-2H3/p+2/t18-/m0/s1. The third-order valence-corrected chi connectivity index (χ3v) is 6.11. The number of piperazine rings is 1. The fraction of sp³-hybridized carbons (Fsp3) is 0.435. The number of hydrogen-bond donors (Lipinski definition) is 2. The summed E-state index contributed by atoms with van der Waals surface area (Å²) in [7, 11) is 1.91. The second-order valence-electron chi connectivity index (χ2n) is 8.17. The molecule has 0 aromatic heterocycles. The van der Waals surface area contributed by atoms with Crippen LogP contribution in [-0.4, -0.2) is 56.9 Å². The van der Waals surface area contributed by atoms with E-state index in [1.807, 2.05) is 36.2 Å². The van der Waals surface area contributed by atoms with E-state index >= 15 is 0 Å². The summed E-state index contributed by atoms with van der Waals surface area (Å²) in [4.78, 5) is 17.7. The van der Waals surface area contributed by atoms with Crippen LogP contribution < -0.4 is 19.3 Å². The minimum Gasteiger partial charge on any atom is -0.454 e. The molecule has 2 aliphatic rings. The predicted molar refractivity (Wildman–Crippen MR) is 110 cm³/mol. The molecule has 1 atom stereocenters. The number of amides is 1. The summed E-state index contributed by atoms with van der Waals surface area (Å²) in [5.41, 5.74) is 2.45. The maximum Gasteiger partial charge on any atom is 0.280 e. The average molecular weight is 398 g/mol. The Labute approximate surface area is 172 Å². The van der Waals surface area contributed by atoms with Crippen LogP contribution in [0.5, 0.6) is 11.5 Å². The van der Waals surface area contributed by atoms with E-state index in [9.17, 15) is 4.79 Å². The van der Waals surface area contributed by atoms with Gasteiger partial charge in [-0.25, -0.2) is 0 Å². The number of ether oxygens (including phenoxy) is 2. The molecule has 0 unspecified atom stereocenters. The number of fused-ring (bicyclic) bond motifs is 1. The number of carbonyl (C=O) groups excluding carboxylic acids is 1. The fourth-order valence-corrected chi connectivity index (χ4v) is 4.31. The van der Waals surface area contributed by atoms with Gasteiger partial charge in [0.1, 0.15) is 32.7 Å². The first-order valence-electron chi connectivity index (χ1n) is 10.5. The molecular formula is C23H31N3O3+2. The van der Waals surface area contributed by atoms with Crippen molar-refractivity contribution in [3.05, 3.63) is 59.7 Å². The lowest BCUT2D eigenvalue weighted by atomic mass is 10.1. The highest BCUT2D eigenvalue weighted by molar-refractivity contribution is 5.79. The van der Waals surface area contributed by atoms with Crippen LogP contribution in [0.15, 0.2) is 48.5 Å². The third kappa shape index (κ3) is 4.71. The number of nitrogens with zero attached hydrogens (tertiary/aromatic N) is 1. The summed E-state index contributed by atoms with van der Waals surface area (Å²) in [6.45, 7) is 8.23. The summed E-state index contributed by atoms with van der Waals surface area (Å²) in [5.74, 6) is 1.92. The molecule has 29 heavy (non-hydrogen) atoms. The average Bonchev–Trinajstić information content (AvgIpc) is 3.22.